The quantitative estimate of drug-likeness (QED) is 0.863. The molecule has 0 bridgehead atoms. The van der Waals surface area contributed by atoms with Gasteiger partial charge in [-0.15, -0.1) is 0 Å². The molecule has 88 valence electrons. The number of hydrogen-bond donors (Lipinski definition) is 1. The van der Waals surface area contributed by atoms with Crippen LogP contribution in [0.5, 0.6) is 5.75 Å². The smallest absolute Gasteiger partial charge is 0.119 e. The summed E-state index contributed by atoms with van der Waals surface area (Å²) in [4.78, 5) is 0. The summed E-state index contributed by atoms with van der Waals surface area (Å²) in [5, 5.41) is 3.43. The van der Waals surface area contributed by atoms with Gasteiger partial charge in [-0.05, 0) is 36.7 Å². The molecule has 1 aromatic carbocycles. The molecule has 0 aromatic heterocycles. The maximum Gasteiger partial charge on any atom is 0.119 e. The summed E-state index contributed by atoms with van der Waals surface area (Å²) in [5.74, 6) is 0.863. The Morgan fingerprint density at radius 3 is 2.81 bits per heavy atom. The van der Waals surface area contributed by atoms with Crippen molar-refractivity contribution in [3.05, 3.63) is 29.3 Å². The van der Waals surface area contributed by atoms with Gasteiger partial charge in [0.2, 0.25) is 0 Å². The molecular formula is C12H17NO2S. The number of nitrogens with one attached hydrogen (secondary N) is 1. The lowest BCUT2D eigenvalue weighted by Crippen LogP contribution is -2.28. The van der Waals surface area contributed by atoms with Crippen LogP contribution in [-0.4, -0.2) is 29.9 Å². The molecule has 0 amide bonds. The van der Waals surface area contributed by atoms with Crippen LogP contribution in [-0.2, 0) is 17.2 Å². The first kappa shape index (κ1) is 11.6. The summed E-state index contributed by atoms with van der Waals surface area (Å²) in [6.07, 6.45) is 2.66. The summed E-state index contributed by atoms with van der Waals surface area (Å²) in [6, 6.07) is 6.26. The van der Waals surface area contributed by atoms with Gasteiger partial charge < -0.3 is 10.1 Å². The zero-order valence-corrected chi connectivity index (χ0v) is 10.6. The van der Waals surface area contributed by atoms with Crippen molar-refractivity contribution in [3.8, 4) is 5.75 Å². The Hall–Kier alpha value is -0.870. The lowest BCUT2D eigenvalue weighted by molar-refractivity contribution is 0.413. The van der Waals surface area contributed by atoms with E-state index in [1.165, 1.54) is 11.1 Å². The van der Waals surface area contributed by atoms with Gasteiger partial charge in [-0.2, -0.15) is 0 Å². The van der Waals surface area contributed by atoms with E-state index in [2.05, 4.69) is 11.4 Å². The van der Waals surface area contributed by atoms with Gasteiger partial charge in [-0.25, -0.2) is 0 Å². The third kappa shape index (κ3) is 1.87. The monoisotopic (exact) mass is 239 g/mol. The Balaban J connectivity index is 2.39. The van der Waals surface area contributed by atoms with Crippen LogP contribution in [0.25, 0.3) is 0 Å². The zero-order chi connectivity index (χ0) is 11.7. The second-order valence-corrected chi connectivity index (χ2v) is 5.67. The molecule has 0 spiro atoms. The van der Waals surface area contributed by atoms with Crippen molar-refractivity contribution in [1.82, 2.24) is 5.32 Å². The molecule has 1 aliphatic carbocycles. The van der Waals surface area contributed by atoms with E-state index in [0.717, 1.165) is 12.2 Å². The van der Waals surface area contributed by atoms with Crippen LogP contribution in [0.4, 0.5) is 0 Å². The minimum absolute atomic E-state index is 0.173. The van der Waals surface area contributed by atoms with E-state index < -0.39 is 10.8 Å². The van der Waals surface area contributed by atoms with E-state index in [1.54, 1.807) is 13.4 Å². The van der Waals surface area contributed by atoms with Crippen LogP contribution in [0.2, 0.25) is 0 Å². The Kier molecular flexibility index (Phi) is 3.30. The fourth-order valence-corrected chi connectivity index (χ4v) is 3.44. The fourth-order valence-electron chi connectivity index (χ4n) is 2.36. The number of methoxy groups -OCH3 is 1. The van der Waals surface area contributed by atoms with E-state index in [1.807, 2.05) is 19.2 Å². The molecule has 0 aliphatic heterocycles. The van der Waals surface area contributed by atoms with Crippen molar-refractivity contribution < 1.29 is 8.95 Å². The van der Waals surface area contributed by atoms with Gasteiger partial charge >= 0.3 is 0 Å². The fraction of sp³-hybridized carbons (Fsp3) is 0.500. The number of hydrogen-bond acceptors (Lipinski definition) is 3. The Morgan fingerprint density at radius 2 is 2.25 bits per heavy atom. The Bertz CT molecular complexity index is 419. The standard InChI is InChI=1S/C12H17NO2S/c1-13-12-10-7-9(15-2)5-4-8(10)6-11(12)16(3)14/h4-5,7,11-13H,6H2,1-3H3. The van der Waals surface area contributed by atoms with E-state index in [-0.39, 0.29) is 11.3 Å². The molecule has 0 heterocycles. The average molecular weight is 239 g/mol. The highest BCUT2D eigenvalue weighted by atomic mass is 32.2. The summed E-state index contributed by atoms with van der Waals surface area (Å²) in [5.41, 5.74) is 2.50. The zero-order valence-electron chi connectivity index (χ0n) is 9.82. The minimum Gasteiger partial charge on any atom is -0.497 e. The third-order valence-corrected chi connectivity index (χ3v) is 4.51. The number of ether oxygens (including phenoxy) is 1. The van der Waals surface area contributed by atoms with Gasteiger partial charge in [0.15, 0.2) is 0 Å². The molecule has 0 fully saturated rings. The topological polar surface area (TPSA) is 38.3 Å². The molecule has 0 saturated carbocycles. The molecule has 2 rings (SSSR count). The summed E-state index contributed by atoms with van der Waals surface area (Å²) < 4.78 is 16.9. The Labute approximate surface area is 98.7 Å². The Morgan fingerprint density at radius 1 is 1.50 bits per heavy atom. The molecule has 0 radical (unpaired) electrons. The van der Waals surface area contributed by atoms with Gasteiger partial charge in [0.25, 0.3) is 0 Å². The predicted octanol–water partition coefficient (Wildman–Crippen LogP) is 1.26. The van der Waals surface area contributed by atoms with Crippen LogP contribution in [0.3, 0.4) is 0 Å². The van der Waals surface area contributed by atoms with Crippen molar-refractivity contribution in [1.29, 1.82) is 0 Å². The predicted molar refractivity (Wildman–Crippen MR) is 66.4 cm³/mol. The molecule has 16 heavy (non-hydrogen) atoms. The van der Waals surface area contributed by atoms with Crippen molar-refractivity contribution in [2.24, 2.45) is 0 Å². The first-order valence-electron chi connectivity index (χ1n) is 5.33. The van der Waals surface area contributed by atoms with Gasteiger partial charge in [-0.1, -0.05) is 6.07 Å². The first-order valence-corrected chi connectivity index (χ1v) is 6.95. The van der Waals surface area contributed by atoms with E-state index in [9.17, 15) is 4.21 Å². The maximum absolute atomic E-state index is 11.7. The minimum atomic E-state index is -0.809. The molecule has 0 saturated heterocycles. The van der Waals surface area contributed by atoms with Crippen LogP contribution in [0.15, 0.2) is 18.2 Å². The van der Waals surface area contributed by atoms with Crippen LogP contribution in [0.1, 0.15) is 17.2 Å². The molecule has 3 atom stereocenters. The normalized spacial score (nSPS) is 25.2. The molecule has 3 unspecified atom stereocenters. The average Bonchev–Trinajstić information content (AvgIpc) is 2.66. The number of benzene rings is 1. The maximum atomic E-state index is 11.7. The van der Waals surface area contributed by atoms with E-state index in [0.29, 0.717) is 0 Å². The lowest BCUT2D eigenvalue weighted by atomic mass is 10.1. The van der Waals surface area contributed by atoms with Gasteiger partial charge in [0, 0.05) is 23.1 Å². The van der Waals surface area contributed by atoms with Crippen molar-refractivity contribution in [2.75, 3.05) is 20.4 Å². The second-order valence-electron chi connectivity index (χ2n) is 4.07. The highest BCUT2D eigenvalue weighted by Gasteiger charge is 2.34. The summed E-state index contributed by atoms with van der Waals surface area (Å²) in [6.45, 7) is 0. The molecular weight excluding hydrogens is 222 g/mol. The SMILES string of the molecule is CNC1c2cc(OC)ccc2CC1S(C)=O. The van der Waals surface area contributed by atoms with E-state index in [4.69, 9.17) is 4.74 Å². The summed E-state index contributed by atoms with van der Waals surface area (Å²) >= 11 is 0. The van der Waals surface area contributed by atoms with Crippen LogP contribution in [0, 0.1) is 0 Å². The lowest BCUT2D eigenvalue weighted by Gasteiger charge is -2.17. The molecule has 3 nitrogen and oxygen atoms in total. The molecule has 4 heteroatoms. The number of fused-ring (bicyclic) bond motifs is 1. The van der Waals surface area contributed by atoms with Crippen molar-refractivity contribution in [2.45, 2.75) is 17.7 Å². The van der Waals surface area contributed by atoms with Crippen LogP contribution >= 0.6 is 0 Å². The van der Waals surface area contributed by atoms with Gasteiger partial charge in [-0.3, -0.25) is 4.21 Å². The highest BCUT2D eigenvalue weighted by Crippen LogP contribution is 2.35. The van der Waals surface area contributed by atoms with Crippen molar-refractivity contribution >= 4 is 10.8 Å². The first-order chi connectivity index (χ1) is 7.67. The van der Waals surface area contributed by atoms with Gasteiger partial charge in [0.05, 0.1) is 12.4 Å². The van der Waals surface area contributed by atoms with Crippen LogP contribution < -0.4 is 10.1 Å². The van der Waals surface area contributed by atoms with Gasteiger partial charge in [0.1, 0.15) is 5.75 Å². The van der Waals surface area contributed by atoms with Crippen molar-refractivity contribution in [3.63, 3.8) is 0 Å². The second kappa shape index (κ2) is 4.55. The molecule has 1 aliphatic rings. The molecule has 1 N–H and O–H groups in total. The molecule has 1 aromatic rings. The number of rotatable bonds is 3. The largest absolute Gasteiger partial charge is 0.497 e. The summed E-state index contributed by atoms with van der Waals surface area (Å²) in [7, 11) is 2.77. The van der Waals surface area contributed by atoms with E-state index >= 15 is 0 Å². The third-order valence-electron chi connectivity index (χ3n) is 3.22. The highest BCUT2D eigenvalue weighted by molar-refractivity contribution is 7.85.